The Morgan fingerprint density at radius 2 is 2.00 bits per heavy atom. The maximum absolute atomic E-state index is 7.77. The summed E-state index contributed by atoms with van der Waals surface area (Å²) in [6.07, 6.45) is 0. The summed E-state index contributed by atoms with van der Waals surface area (Å²) >= 11 is 0. The molecule has 0 heterocycles. The molecule has 0 aromatic carbocycles. The van der Waals surface area contributed by atoms with Crippen LogP contribution >= 0.6 is 0 Å². The second-order valence-electron chi connectivity index (χ2n) is 0.447. The van der Waals surface area contributed by atoms with Crippen LogP contribution in [0.4, 0.5) is 0 Å². The molecule has 0 bridgehead atoms. The lowest BCUT2D eigenvalue weighted by Crippen LogP contribution is -1.65. The van der Waals surface area contributed by atoms with Gasteiger partial charge in [-0.25, -0.2) is 0 Å². The molecule has 3 radical (unpaired) electrons. The Kier molecular flexibility index (Phi) is 1.05. The van der Waals surface area contributed by atoms with Crippen molar-refractivity contribution in [2.24, 2.45) is 0 Å². The van der Waals surface area contributed by atoms with Gasteiger partial charge in [0.25, 0.3) is 0 Å². The number of rotatable bonds is 0. The number of hydrogen-bond acceptors (Lipinski definition) is 1. The van der Waals surface area contributed by atoms with E-state index in [-0.39, 0.29) is 5.38 Å². The fraction of sp³-hybridized carbons (Fsp3) is 0. The first-order chi connectivity index (χ1) is 1.73. The van der Waals surface area contributed by atoms with Gasteiger partial charge in [-0.3, -0.25) is 0 Å². The lowest BCUT2D eigenvalue weighted by Gasteiger charge is -1.67. The normalized spacial score (nSPS) is 6.25. The van der Waals surface area contributed by atoms with Crippen LogP contribution in [-0.2, 0) is 0 Å². The molecule has 21 valence electrons. The number of aliphatic hydroxyl groups is 1. The lowest BCUT2D eigenvalue weighted by molar-refractivity contribution is 0.455. The van der Waals surface area contributed by atoms with Gasteiger partial charge < -0.3 is 5.11 Å². The topological polar surface area (TPSA) is 20.2 Å². The van der Waals surface area contributed by atoms with E-state index >= 15 is 0 Å². The van der Waals surface area contributed by atoms with Crippen LogP contribution in [0.5, 0.6) is 0 Å². The molecule has 0 aliphatic rings. The highest BCUT2D eigenvalue weighted by Crippen LogP contribution is 1.56. The van der Waals surface area contributed by atoms with E-state index in [1.54, 1.807) is 0 Å². The molecule has 0 rings (SSSR count). The van der Waals surface area contributed by atoms with Gasteiger partial charge in [-0.2, -0.15) is 0 Å². The van der Waals surface area contributed by atoms with E-state index in [0.717, 1.165) is 0 Å². The van der Waals surface area contributed by atoms with Gasteiger partial charge in [0.1, 0.15) is 10.2 Å². The highest BCUT2D eigenvalue weighted by molar-refractivity contribution is 6.19. The Hall–Kier alpha value is -0.243. The minimum atomic E-state index is -0.0278. The molecule has 1 N–H and O–H groups in total. The average molecular weight is 71.1 g/mol. The summed E-state index contributed by atoms with van der Waals surface area (Å²) in [7, 11) is 2.67. The van der Waals surface area contributed by atoms with Gasteiger partial charge in [-0.05, 0) is 0 Å². The molecule has 1 nitrogen and oxygen atoms in total. The molecule has 2 heteroatoms. The quantitative estimate of drug-likeness (QED) is 0.319. The van der Waals surface area contributed by atoms with Crippen LogP contribution in [-0.4, -0.2) is 15.3 Å². The van der Waals surface area contributed by atoms with Crippen LogP contribution in [0, 0.1) is 0 Å². The minimum absolute atomic E-state index is 0.0278. The Morgan fingerprint density at radius 1 is 2.00 bits per heavy atom. The molecular weight excluding hydrogens is 68.1 g/mol. The van der Waals surface area contributed by atoms with Gasteiger partial charge >= 0.3 is 0 Å². The molecule has 0 saturated heterocycles. The Balaban J connectivity index is 2.80. The van der Waals surface area contributed by atoms with Crippen molar-refractivity contribution in [3.63, 3.8) is 0 Å². The van der Waals surface area contributed by atoms with E-state index in [0.29, 0.717) is 0 Å². The predicted molar refractivity (Wildman–Crippen MR) is 17.5 cm³/mol. The summed E-state index contributed by atoms with van der Waals surface area (Å²) in [4.78, 5) is 0. The van der Waals surface area contributed by atoms with E-state index in [9.17, 15) is 0 Å². The van der Waals surface area contributed by atoms with Crippen molar-refractivity contribution in [3.8, 4) is 0 Å². The van der Waals surface area contributed by atoms with Gasteiger partial charge in [-0.15, -0.1) is 0 Å². The average Bonchev–Trinajstić information content (AvgIpc) is 0.811. The maximum atomic E-state index is 7.77. The molecule has 0 aliphatic heterocycles. The van der Waals surface area contributed by atoms with Crippen LogP contribution in [0.2, 0.25) is 0 Å². The van der Waals surface area contributed by atoms with Crippen molar-refractivity contribution < 1.29 is 5.11 Å². The number of aliphatic hydroxyl groups excluding tert-OH is 1. The van der Waals surface area contributed by atoms with Crippen LogP contribution in [0.1, 0.15) is 0 Å². The van der Waals surface area contributed by atoms with Crippen LogP contribution in [0.3, 0.4) is 0 Å². The first-order valence-electron chi connectivity index (χ1n) is 0.827. The van der Waals surface area contributed by atoms with E-state index in [1.807, 2.05) is 0 Å². The van der Waals surface area contributed by atoms with E-state index in [1.165, 1.54) is 0 Å². The molecule has 0 amide bonds. The number of hydrogen-bond donors (Lipinski definition) is 1. The van der Waals surface area contributed by atoms with E-state index in [2.05, 4.69) is 16.8 Å². The van der Waals surface area contributed by atoms with Gasteiger partial charge in [0.05, 0.1) is 5.38 Å². The zero-order valence-corrected chi connectivity index (χ0v) is 3.15. The van der Waals surface area contributed by atoms with Gasteiger partial charge in [-0.1, -0.05) is 6.58 Å². The van der Waals surface area contributed by atoms with Gasteiger partial charge in [0.15, 0.2) is 0 Å². The van der Waals surface area contributed by atoms with Gasteiger partial charge in [0, 0.05) is 0 Å². The van der Waals surface area contributed by atoms with Crippen molar-refractivity contribution >= 4 is 10.2 Å². The summed E-state index contributed by atoms with van der Waals surface area (Å²) in [6.45, 7) is 3.02. The zero-order chi connectivity index (χ0) is 3.58. The monoisotopic (exact) mass is 71.0 g/mol. The fourth-order valence-electron chi connectivity index (χ4n) is 0. The van der Waals surface area contributed by atoms with Crippen LogP contribution in [0.15, 0.2) is 12.0 Å². The lowest BCUT2D eigenvalue weighted by atomic mass is 11.2. The predicted octanol–water partition coefficient (Wildman–Crippen LogP) is 0.184. The smallest absolute Gasteiger partial charge is 0.124 e. The third kappa shape index (κ3) is 17.0. The van der Waals surface area contributed by atoms with Gasteiger partial charge in [0.2, 0.25) is 0 Å². The first kappa shape index (κ1) is 3.76. The SMILES string of the molecule is C=C(O)[Si]. The largest absolute Gasteiger partial charge is 0.519 e. The maximum Gasteiger partial charge on any atom is 0.124 e. The molecule has 4 heavy (non-hydrogen) atoms. The molecule has 0 aliphatic carbocycles. The zero-order valence-electron chi connectivity index (χ0n) is 2.15. The van der Waals surface area contributed by atoms with Crippen molar-refractivity contribution in [2.45, 2.75) is 0 Å². The van der Waals surface area contributed by atoms with Crippen LogP contribution < -0.4 is 0 Å². The fourth-order valence-corrected chi connectivity index (χ4v) is 0. The van der Waals surface area contributed by atoms with E-state index < -0.39 is 0 Å². The Labute approximate surface area is 28.4 Å². The molecule has 0 fully saturated rings. The third-order valence-corrected chi connectivity index (χ3v) is 0. The second-order valence-corrected chi connectivity index (χ2v) is 1.02. The summed E-state index contributed by atoms with van der Waals surface area (Å²) in [6, 6.07) is 0. The molecule has 0 spiro atoms. The standard InChI is InChI=1S/C2H3OSi/c1-2(3)4/h3H,1H2. The van der Waals surface area contributed by atoms with Crippen molar-refractivity contribution in [3.05, 3.63) is 12.0 Å². The van der Waals surface area contributed by atoms with Crippen LogP contribution in [0.25, 0.3) is 0 Å². The highest BCUT2D eigenvalue weighted by Gasteiger charge is 1.55. The van der Waals surface area contributed by atoms with E-state index in [4.69, 9.17) is 5.11 Å². The summed E-state index contributed by atoms with van der Waals surface area (Å²) in [5, 5.41) is 7.75. The summed E-state index contributed by atoms with van der Waals surface area (Å²) in [5.74, 6) is 0. The minimum Gasteiger partial charge on any atom is -0.519 e. The highest BCUT2D eigenvalue weighted by atomic mass is 28.1. The molecule has 0 unspecified atom stereocenters. The summed E-state index contributed by atoms with van der Waals surface area (Å²) in [5.41, 5.74) is 0. The second kappa shape index (κ2) is 1.12. The van der Waals surface area contributed by atoms with Crippen molar-refractivity contribution in [1.82, 2.24) is 0 Å². The third-order valence-electron chi connectivity index (χ3n) is 0. The first-order valence-corrected chi connectivity index (χ1v) is 1.33. The molecule has 0 saturated carbocycles. The van der Waals surface area contributed by atoms with Crippen molar-refractivity contribution in [2.75, 3.05) is 0 Å². The molecular formula is C2H3OSi. The molecule has 0 aromatic heterocycles. The molecule has 0 atom stereocenters. The summed E-state index contributed by atoms with van der Waals surface area (Å²) < 4.78 is 0. The molecule has 0 aromatic rings. The Bertz CT molecular complexity index is 29.0. The van der Waals surface area contributed by atoms with Crippen molar-refractivity contribution in [1.29, 1.82) is 0 Å². The Morgan fingerprint density at radius 3 is 2.00 bits per heavy atom.